The number of nitrogens with one attached hydrogen (secondary N) is 3. The van der Waals surface area contributed by atoms with Crippen molar-refractivity contribution in [3.05, 3.63) is 42.0 Å². The number of hydrogen-bond acceptors (Lipinski definition) is 5. The van der Waals surface area contributed by atoms with Crippen molar-refractivity contribution >= 4 is 46.1 Å². The molecule has 3 N–H and O–H groups in total. The molecule has 2 aromatic rings. The molecule has 2 aromatic carbocycles. The molecule has 2 fully saturated rings. The first-order valence-electron chi connectivity index (χ1n) is 10.1. The topological polar surface area (TPSA) is 96.5 Å². The third kappa shape index (κ3) is 4.53. The van der Waals surface area contributed by atoms with Gasteiger partial charge in [0, 0.05) is 23.1 Å². The van der Waals surface area contributed by atoms with E-state index in [1.807, 2.05) is 36.0 Å². The number of hydrogen-bond donors (Lipinski definition) is 3. The minimum Gasteiger partial charge on any atom is -0.465 e. The van der Waals surface area contributed by atoms with E-state index in [1.54, 1.807) is 12.1 Å². The van der Waals surface area contributed by atoms with Gasteiger partial charge in [0.05, 0.1) is 24.8 Å². The van der Waals surface area contributed by atoms with Gasteiger partial charge >= 0.3 is 12.0 Å². The lowest BCUT2D eigenvalue weighted by Crippen LogP contribution is -2.36. The zero-order chi connectivity index (χ0) is 21.1. The van der Waals surface area contributed by atoms with Gasteiger partial charge in [-0.1, -0.05) is 18.6 Å². The van der Waals surface area contributed by atoms with E-state index < -0.39 is 0 Å². The van der Waals surface area contributed by atoms with Gasteiger partial charge in [0.25, 0.3) is 0 Å². The highest BCUT2D eigenvalue weighted by molar-refractivity contribution is 8.00. The van der Waals surface area contributed by atoms with Crippen LogP contribution in [0.25, 0.3) is 10.8 Å². The molecule has 0 saturated carbocycles. The van der Waals surface area contributed by atoms with Crippen LogP contribution < -0.4 is 16.0 Å². The Morgan fingerprint density at radius 2 is 1.93 bits per heavy atom. The van der Waals surface area contributed by atoms with E-state index in [-0.39, 0.29) is 30.0 Å². The molecule has 158 valence electrons. The number of carbonyl (C=O) groups excluding carboxylic acids is 3. The summed E-state index contributed by atoms with van der Waals surface area (Å²) in [5, 5.41) is 11.2. The van der Waals surface area contributed by atoms with Crippen molar-refractivity contribution in [2.24, 2.45) is 0 Å². The summed E-state index contributed by atoms with van der Waals surface area (Å²) < 4.78 is 4.75. The minimum atomic E-state index is -0.368. The zero-order valence-electron chi connectivity index (χ0n) is 16.8. The highest BCUT2D eigenvalue weighted by Crippen LogP contribution is 2.33. The van der Waals surface area contributed by atoms with Crippen molar-refractivity contribution in [1.29, 1.82) is 0 Å². The van der Waals surface area contributed by atoms with E-state index in [4.69, 9.17) is 4.74 Å². The van der Waals surface area contributed by atoms with Crippen LogP contribution in [0.4, 0.5) is 10.5 Å². The Labute approximate surface area is 179 Å². The standard InChI is InChI=1S/C22H25N3O4S/c1-29-21(27)15-7-6-14-11-16(9-8-13(14)10-15)23-19(26)5-3-2-4-18-20-17(12-30-18)24-22(28)25-20/h6-11,17-18,20H,2-5,12H2,1H3,(H,23,26)(H2,24,25,28). The predicted molar refractivity (Wildman–Crippen MR) is 118 cm³/mol. The number of fused-ring (bicyclic) bond motifs is 2. The van der Waals surface area contributed by atoms with E-state index in [0.717, 1.165) is 41.5 Å². The summed E-state index contributed by atoms with van der Waals surface area (Å²) in [6, 6.07) is 11.4. The number of carbonyl (C=O) groups is 3. The first kappa shape index (κ1) is 20.5. The fourth-order valence-corrected chi connectivity index (χ4v) is 5.61. The number of rotatable bonds is 7. The molecule has 0 spiro atoms. The van der Waals surface area contributed by atoms with Crippen LogP contribution in [0.15, 0.2) is 36.4 Å². The van der Waals surface area contributed by atoms with Crippen LogP contribution in [0.1, 0.15) is 36.0 Å². The number of methoxy groups -OCH3 is 1. The molecular weight excluding hydrogens is 402 g/mol. The first-order valence-corrected chi connectivity index (χ1v) is 11.2. The van der Waals surface area contributed by atoms with Crippen LogP contribution in [0.5, 0.6) is 0 Å². The average molecular weight is 428 g/mol. The third-order valence-corrected chi connectivity index (χ3v) is 7.13. The lowest BCUT2D eigenvalue weighted by Gasteiger charge is -2.16. The van der Waals surface area contributed by atoms with E-state index >= 15 is 0 Å². The number of amides is 3. The summed E-state index contributed by atoms with van der Waals surface area (Å²) in [7, 11) is 1.36. The lowest BCUT2D eigenvalue weighted by molar-refractivity contribution is -0.116. The Hall–Kier alpha value is -2.74. The number of thioether (sulfide) groups is 1. The highest BCUT2D eigenvalue weighted by atomic mass is 32.2. The monoisotopic (exact) mass is 427 g/mol. The zero-order valence-corrected chi connectivity index (χ0v) is 17.6. The first-order chi connectivity index (χ1) is 14.5. The van der Waals surface area contributed by atoms with E-state index in [1.165, 1.54) is 7.11 Å². The van der Waals surface area contributed by atoms with Gasteiger partial charge in [-0.3, -0.25) is 4.79 Å². The fraction of sp³-hybridized carbons (Fsp3) is 0.409. The van der Waals surface area contributed by atoms with Crippen LogP contribution in [-0.2, 0) is 9.53 Å². The van der Waals surface area contributed by atoms with Crippen molar-refractivity contribution in [1.82, 2.24) is 10.6 Å². The molecule has 3 unspecified atom stereocenters. The Balaban J connectivity index is 1.24. The normalized spacial score (nSPS) is 22.3. The minimum absolute atomic E-state index is 0.00619. The molecule has 2 aliphatic rings. The molecule has 0 bridgehead atoms. The number of urea groups is 1. The van der Waals surface area contributed by atoms with Crippen LogP contribution in [-0.4, -0.2) is 48.1 Å². The smallest absolute Gasteiger partial charge is 0.337 e. The molecule has 0 aromatic heterocycles. The summed E-state index contributed by atoms with van der Waals surface area (Å²) in [6.07, 6.45) is 3.24. The van der Waals surface area contributed by atoms with Crippen molar-refractivity contribution in [3.8, 4) is 0 Å². The molecule has 2 aliphatic heterocycles. The highest BCUT2D eigenvalue weighted by Gasteiger charge is 2.42. The molecule has 4 rings (SSSR count). The number of unbranched alkanes of at least 4 members (excludes halogenated alkanes) is 1. The van der Waals surface area contributed by atoms with Gasteiger partial charge in [-0.05, 0) is 47.9 Å². The number of esters is 1. The molecule has 3 atom stereocenters. The maximum Gasteiger partial charge on any atom is 0.337 e. The average Bonchev–Trinajstić information content (AvgIpc) is 3.29. The maximum atomic E-state index is 12.3. The van der Waals surface area contributed by atoms with Crippen molar-refractivity contribution < 1.29 is 19.1 Å². The molecule has 3 amide bonds. The molecular formula is C22H25N3O4S. The van der Waals surface area contributed by atoms with Crippen molar-refractivity contribution in [2.45, 2.75) is 43.0 Å². The summed E-state index contributed by atoms with van der Waals surface area (Å²) in [4.78, 5) is 35.4. The van der Waals surface area contributed by atoms with Crippen molar-refractivity contribution in [2.75, 3.05) is 18.2 Å². The van der Waals surface area contributed by atoms with Gasteiger partial charge in [-0.15, -0.1) is 0 Å². The Kier molecular flexibility index (Phi) is 6.13. The van der Waals surface area contributed by atoms with Crippen LogP contribution in [0.3, 0.4) is 0 Å². The second-order valence-corrected chi connectivity index (χ2v) is 8.96. The second kappa shape index (κ2) is 8.95. The SMILES string of the molecule is COC(=O)c1ccc2cc(NC(=O)CCCCC3SCC4NC(=O)NC43)ccc2c1. The van der Waals surface area contributed by atoms with Gasteiger partial charge < -0.3 is 20.7 Å². The predicted octanol–water partition coefficient (Wildman–Crippen LogP) is 3.29. The molecule has 8 heteroatoms. The maximum absolute atomic E-state index is 12.3. The molecule has 7 nitrogen and oxygen atoms in total. The summed E-state index contributed by atoms with van der Waals surface area (Å²) in [6.45, 7) is 0. The van der Waals surface area contributed by atoms with E-state index in [0.29, 0.717) is 17.2 Å². The van der Waals surface area contributed by atoms with Crippen LogP contribution in [0, 0.1) is 0 Å². The molecule has 30 heavy (non-hydrogen) atoms. The van der Waals surface area contributed by atoms with Gasteiger partial charge in [-0.25, -0.2) is 9.59 Å². The van der Waals surface area contributed by atoms with Gasteiger partial charge in [0.2, 0.25) is 5.91 Å². The van der Waals surface area contributed by atoms with Gasteiger partial charge in [0.1, 0.15) is 0 Å². The van der Waals surface area contributed by atoms with Crippen LogP contribution >= 0.6 is 11.8 Å². The molecule has 0 radical (unpaired) electrons. The lowest BCUT2D eigenvalue weighted by atomic mass is 10.0. The number of ether oxygens (including phenoxy) is 1. The van der Waals surface area contributed by atoms with E-state index in [2.05, 4.69) is 16.0 Å². The van der Waals surface area contributed by atoms with Gasteiger partial charge in [-0.2, -0.15) is 11.8 Å². The molecule has 2 saturated heterocycles. The fourth-order valence-electron chi connectivity index (χ4n) is 4.07. The Morgan fingerprint density at radius 3 is 2.77 bits per heavy atom. The number of benzene rings is 2. The Bertz CT molecular complexity index is 980. The summed E-state index contributed by atoms with van der Waals surface area (Å²) >= 11 is 1.90. The second-order valence-electron chi connectivity index (χ2n) is 7.68. The van der Waals surface area contributed by atoms with Gasteiger partial charge in [0.15, 0.2) is 0 Å². The summed E-state index contributed by atoms with van der Waals surface area (Å²) in [5.74, 6) is 0.582. The largest absolute Gasteiger partial charge is 0.465 e. The quantitative estimate of drug-likeness (QED) is 0.358. The summed E-state index contributed by atoms with van der Waals surface area (Å²) in [5.41, 5.74) is 1.24. The number of anilines is 1. The third-order valence-electron chi connectivity index (χ3n) is 5.63. The molecule has 2 heterocycles. The van der Waals surface area contributed by atoms with Crippen molar-refractivity contribution in [3.63, 3.8) is 0 Å². The van der Waals surface area contributed by atoms with Crippen LogP contribution in [0.2, 0.25) is 0 Å². The van der Waals surface area contributed by atoms with E-state index in [9.17, 15) is 14.4 Å². The molecule has 0 aliphatic carbocycles. The Morgan fingerprint density at radius 1 is 1.13 bits per heavy atom.